The van der Waals surface area contributed by atoms with Crippen molar-refractivity contribution in [3.05, 3.63) is 0 Å². The Morgan fingerprint density at radius 3 is 2.50 bits per heavy atom. The second-order valence-electron chi connectivity index (χ2n) is 1.55. The monoisotopic (exact) mass is 169 g/mol. The molecule has 0 bridgehead atoms. The summed E-state index contributed by atoms with van der Waals surface area (Å²) in [5, 5.41) is 9.66. The van der Waals surface area contributed by atoms with Gasteiger partial charge in [-0.3, -0.25) is 0 Å². The predicted molar refractivity (Wildman–Crippen MR) is 41.6 cm³/mol. The maximum absolute atomic E-state index is 10.3. The van der Waals surface area contributed by atoms with Crippen LogP contribution >= 0.6 is 0 Å². The van der Waals surface area contributed by atoms with E-state index < -0.39 is 11.1 Å². The SMILES string of the molecule is C.CN(CCO)OS(C)=O. The molecule has 10 heavy (non-hydrogen) atoms. The van der Waals surface area contributed by atoms with Crippen LogP contribution in [-0.4, -0.2) is 40.8 Å². The molecular weight excluding hydrogens is 154 g/mol. The molecule has 0 aliphatic carbocycles. The fourth-order valence-electron chi connectivity index (χ4n) is 0.357. The molecule has 0 radical (unpaired) electrons. The van der Waals surface area contributed by atoms with Crippen LogP contribution in [0.5, 0.6) is 0 Å². The number of hydrogen-bond donors (Lipinski definition) is 1. The van der Waals surface area contributed by atoms with Gasteiger partial charge in [0, 0.05) is 19.8 Å². The minimum Gasteiger partial charge on any atom is -0.395 e. The Bertz CT molecular complexity index is 98.9. The zero-order valence-electron chi connectivity index (χ0n) is 5.53. The molecule has 1 N–H and O–H groups in total. The number of aliphatic hydroxyl groups excluding tert-OH is 1. The highest BCUT2D eigenvalue weighted by Crippen LogP contribution is 1.85. The Hall–Kier alpha value is 0.0300. The third-order valence-electron chi connectivity index (χ3n) is 0.647. The molecule has 0 aromatic rings. The number of rotatable bonds is 4. The Morgan fingerprint density at radius 2 is 2.20 bits per heavy atom. The van der Waals surface area contributed by atoms with Crippen molar-refractivity contribution in [3.8, 4) is 0 Å². The van der Waals surface area contributed by atoms with E-state index in [1.54, 1.807) is 7.05 Å². The molecule has 0 rings (SSSR count). The Morgan fingerprint density at radius 1 is 1.70 bits per heavy atom. The first kappa shape index (κ1) is 12.7. The van der Waals surface area contributed by atoms with Crippen LogP contribution in [0.1, 0.15) is 7.43 Å². The summed E-state index contributed by atoms with van der Waals surface area (Å²) in [4.78, 5) is 0. The van der Waals surface area contributed by atoms with Crippen LogP contribution in [0.3, 0.4) is 0 Å². The van der Waals surface area contributed by atoms with Gasteiger partial charge < -0.3 is 5.11 Å². The van der Waals surface area contributed by atoms with Crippen molar-refractivity contribution in [2.45, 2.75) is 7.43 Å². The van der Waals surface area contributed by atoms with Gasteiger partial charge in [-0.25, -0.2) is 4.21 Å². The Kier molecular flexibility index (Phi) is 9.06. The molecule has 64 valence electrons. The van der Waals surface area contributed by atoms with Crippen LogP contribution < -0.4 is 0 Å². The number of likely N-dealkylation sites (N-methyl/N-ethyl adjacent to an activating group) is 1. The zero-order chi connectivity index (χ0) is 7.28. The smallest absolute Gasteiger partial charge is 0.170 e. The van der Waals surface area contributed by atoms with E-state index in [1.807, 2.05) is 0 Å². The van der Waals surface area contributed by atoms with Crippen LogP contribution in [0.2, 0.25) is 0 Å². The van der Waals surface area contributed by atoms with Gasteiger partial charge in [0.05, 0.1) is 6.61 Å². The third kappa shape index (κ3) is 8.03. The summed E-state index contributed by atoms with van der Waals surface area (Å²) in [5.41, 5.74) is 0. The minimum atomic E-state index is -1.28. The summed E-state index contributed by atoms with van der Waals surface area (Å²) in [7, 11) is 1.61. The Labute approximate surface area is 64.4 Å². The first-order valence-electron chi connectivity index (χ1n) is 2.50. The predicted octanol–water partition coefficient (Wildman–Crippen LogP) is -0.228. The average Bonchev–Trinajstić information content (AvgIpc) is 1.63. The van der Waals surface area contributed by atoms with Crippen LogP contribution in [0, 0.1) is 0 Å². The van der Waals surface area contributed by atoms with E-state index in [2.05, 4.69) is 4.28 Å². The van der Waals surface area contributed by atoms with E-state index in [9.17, 15) is 4.21 Å². The molecule has 0 aliphatic heterocycles. The Balaban J connectivity index is 0. The molecule has 0 amide bonds. The molecule has 0 saturated carbocycles. The van der Waals surface area contributed by atoms with E-state index in [1.165, 1.54) is 11.3 Å². The highest BCUT2D eigenvalue weighted by Gasteiger charge is 1.97. The fourth-order valence-corrected chi connectivity index (χ4v) is 0.790. The lowest BCUT2D eigenvalue weighted by atomic mass is 10.7. The molecule has 4 nitrogen and oxygen atoms in total. The van der Waals surface area contributed by atoms with Crippen molar-refractivity contribution in [2.24, 2.45) is 0 Å². The number of hydroxylamine groups is 2. The largest absolute Gasteiger partial charge is 0.395 e. The minimum absolute atomic E-state index is 0. The van der Waals surface area contributed by atoms with Gasteiger partial charge in [-0.15, -0.1) is 0 Å². The van der Waals surface area contributed by atoms with Crippen molar-refractivity contribution in [3.63, 3.8) is 0 Å². The number of aliphatic hydroxyl groups is 1. The maximum Gasteiger partial charge on any atom is 0.170 e. The molecule has 0 saturated heterocycles. The van der Waals surface area contributed by atoms with Crippen LogP contribution in [0.25, 0.3) is 0 Å². The second kappa shape index (κ2) is 7.14. The molecule has 0 fully saturated rings. The molecule has 1 atom stereocenters. The van der Waals surface area contributed by atoms with Crippen LogP contribution in [0.4, 0.5) is 0 Å². The summed E-state index contributed by atoms with van der Waals surface area (Å²) in [6.45, 7) is 0.382. The quantitative estimate of drug-likeness (QED) is 0.591. The van der Waals surface area contributed by atoms with E-state index in [4.69, 9.17) is 5.11 Å². The maximum atomic E-state index is 10.3. The standard InChI is InChI=1S/C4H11NO3S.CH4/c1-5(3-4-6)8-9(2)7;/h6H,3-4H2,1-2H3;1H4. The summed E-state index contributed by atoms with van der Waals surface area (Å²) in [5.74, 6) is 0. The number of hydrogen-bond acceptors (Lipinski definition) is 4. The van der Waals surface area contributed by atoms with Gasteiger partial charge in [-0.05, 0) is 0 Å². The molecule has 0 heterocycles. The first-order valence-corrected chi connectivity index (χ1v) is 3.99. The summed E-state index contributed by atoms with van der Waals surface area (Å²) in [6.07, 6.45) is 1.42. The van der Waals surface area contributed by atoms with Gasteiger partial charge in [0.25, 0.3) is 0 Å². The highest BCUT2D eigenvalue weighted by atomic mass is 32.2. The van der Waals surface area contributed by atoms with Crippen molar-refractivity contribution in [1.29, 1.82) is 0 Å². The molecule has 0 aromatic heterocycles. The van der Waals surface area contributed by atoms with E-state index in [0.29, 0.717) is 6.54 Å². The summed E-state index contributed by atoms with van der Waals surface area (Å²) >= 11 is -1.28. The molecule has 0 spiro atoms. The molecule has 5 heteroatoms. The van der Waals surface area contributed by atoms with Gasteiger partial charge in [-0.2, -0.15) is 9.35 Å². The van der Waals surface area contributed by atoms with E-state index in [0.717, 1.165) is 0 Å². The lowest BCUT2D eigenvalue weighted by Crippen LogP contribution is -2.23. The normalized spacial score (nSPS) is 12.8. The average molecular weight is 169 g/mol. The van der Waals surface area contributed by atoms with Crippen molar-refractivity contribution in [2.75, 3.05) is 26.5 Å². The van der Waals surface area contributed by atoms with Crippen LogP contribution in [0.15, 0.2) is 0 Å². The van der Waals surface area contributed by atoms with Gasteiger partial charge >= 0.3 is 0 Å². The van der Waals surface area contributed by atoms with Gasteiger partial charge in [0.1, 0.15) is 0 Å². The van der Waals surface area contributed by atoms with Gasteiger partial charge in [0.15, 0.2) is 11.1 Å². The van der Waals surface area contributed by atoms with Gasteiger partial charge in [-0.1, -0.05) is 7.43 Å². The highest BCUT2D eigenvalue weighted by molar-refractivity contribution is 7.79. The third-order valence-corrected chi connectivity index (χ3v) is 1.11. The van der Waals surface area contributed by atoms with Crippen molar-refractivity contribution < 1.29 is 13.6 Å². The zero-order valence-corrected chi connectivity index (χ0v) is 6.35. The molecule has 1 unspecified atom stereocenters. The van der Waals surface area contributed by atoms with Gasteiger partial charge in [0.2, 0.25) is 0 Å². The second-order valence-corrected chi connectivity index (χ2v) is 2.50. The van der Waals surface area contributed by atoms with E-state index >= 15 is 0 Å². The summed E-state index contributed by atoms with van der Waals surface area (Å²) in [6, 6.07) is 0. The van der Waals surface area contributed by atoms with Crippen LogP contribution in [-0.2, 0) is 15.4 Å². The first-order chi connectivity index (χ1) is 4.16. The lowest BCUT2D eigenvalue weighted by molar-refractivity contribution is -0.0272. The molecular formula is C5H15NO3S. The van der Waals surface area contributed by atoms with Crippen molar-refractivity contribution >= 4 is 11.1 Å². The topological polar surface area (TPSA) is 49.8 Å². The summed E-state index contributed by atoms with van der Waals surface area (Å²) < 4.78 is 14.9. The number of nitrogens with zero attached hydrogens (tertiary/aromatic N) is 1. The van der Waals surface area contributed by atoms with E-state index in [-0.39, 0.29) is 14.0 Å². The molecule has 0 aliphatic rings. The fraction of sp³-hybridized carbons (Fsp3) is 1.00. The lowest BCUT2D eigenvalue weighted by Gasteiger charge is -2.10. The molecule has 0 aromatic carbocycles. The van der Waals surface area contributed by atoms with Crippen molar-refractivity contribution in [1.82, 2.24) is 5.06 Å².